The zero-order chi connectivity index (χ0) is 10.4. The van der Waals surface area contributed by atoms with Crippen LogP contribution in [0.2, 0.25) is 0 Å². The summed E-state index contributed by atoms with van der Waals surface area (Å²) in [5.41, 5.74) is 0. The van der Waals surface area contributed by atoms with E-state index in [0.717, 1.165) is 25.7 Å². The van der Waals surface area contributed by atoms with E-state index in [1.807, 2.05) is 0 Å². The Hall–Kier alpha value is -0.120. The quantitative estimate of drug-likeness (QED) is 0.705. The topological polar surface area (TPSA) is 30.5 Å². The zero-order valence-electron chi connectivity index (χ0n) is 9.58. The van der Waals surface area contributed by atoms with Gasteiger partial charge in [0.15, 0.2) is 0 Å². The summed E-state index contributed by atoms with van der Waals surface area (Å²) < 4.78 is 10.6. The molecule has 0 radical (unpaired) electrons. The summed E-state index contributed by atoms with van der Waals surface area (Å²) in [5.74, 6) is 0.771. The molecule has 1 N–H and O–H groups in total. The summed E-state index contributed by atoms with van der Waals surface area (Å²) in [5, 5.41) is 3.48. The second-order valence-electron chi connectivity index (χ2n) is 4.20. The van der Waals surface area contributed by atoms with Crippen molar-refractivity contribution in [2.75, 3.05) is 26.9 Å². The van der Waals surface area contributed by atoms with E-state index in [-0.39, 0.29) is 6.10 Å². The smallest absolute Gasteiger partial charge is 0.0693 e. The van der Waals surface area contributed by atoms with Crippen LogP contribution in [0.1, 0.15) is 26.7 Å². The molecule has 0 aromatic rings. The Kier molecular flexibility index (Phi) is 5.45. The lowest BCUT2D eigenvalue weighted by molar-refractivity contribution is 0.0881. The first-order valence-electron chi connectivity index (χ1n) is 5.58. The molecule has 0 bridgehead atoms. The average Bonchev–Trinajstić information content (AvgIpc) is 2.69. The summed E-state index contributed by atoms with van der Waals surface area (Å²) in [7, 11) is 1.76. The van der Waals surface area contributed by atoms with Crippen molar-refractivity contribution < 1.29 is 9.47 Å². The Labute approximate surface area is 87.2 Å². The second kappa shape index (κ2) is 6.38. The van der Waals surface area contributed by atoms with Gasteiger partial charge in [-0.05, 0) is 39.2 Å². The van der Waals surface area contributed by atoms with Crippen molar-refractivity contribution in [2.45, 2.75) is 38.8 Å². The summed E-state index contributed by atoms with van der Waals surface area (Å²) >= 11 is 0. The third-order valence-corrected chi connectivity index (χ3v) is 3.12. The molecular formula is C11H23NO2. The van der Waals surface area contributed by atoms with Crippen LogP contribution in [0, 0.1) is 5.92 Å². The minimum absolute atomic E-state index is 0.287. The molecule has 3 atom stereocenters. The Balaban J connectivity index is 2.02. The number of nitrogens with one attached hydrogen (secondary N) is 1. The lowest BCUT2D eigenvalue weighted by Crippen LogP contribution is -2.37. The molecule has 3 nitrogen and oxygen atoms in total. The highest BCUT2D eigenvalue weighted by Gasteiger charge is 2.16. The first kappa shape index (κ1) is 12.0. The van der Waals surface area contributed by atoms with E-state index in [1.165, 1.54) is 12.8 Å². The van der Waals surface area contributed by atoms with Gasteiger partial charge < -0.3 is 14.8 Å². The van der Waals surface area contributed by atoms with Crippen LogP contribution in [0.5, 0.6) is 0 Å². The molecule has 0 amide bonds. The van der Waals surface area contributed by atoms with Crippen LogP contribution in [0.15, 0.2) is 0 Å². The van der Waals surface area contributed by atoms with E-state index in [4.69, 9.17) is 9.47 Å². The van der Waals surface area contributed by atoms with E-state index in [2.05, 4.69) is 19.2 Å². The van der Waals surface area contributed by atoms with Gasteiger partial charge in [0.05, 0.1) is 6.10 Å². The number of rotatable bonds is 6. The van der Waals surface area contributed by atoms with Crippen LogP contribution in [0.3, 0.4) is 0 Å². The number of methoxy groups -OCH3 is 1. The van der Waals surface area contributed by atoms with E-state index >= 15 is 0 Å². The molecule has 3 unspecified atom stereocenters. The highest BCUT2D eigenvalue weighted by molar-refractivity contribution is 4.70. The van der Waals surface area contributed by atoms with Gasteiger partial charge in [-0.15, -0.1) is 0 Å². The second-order valence-corrected chi connectivity index (χ2v) is 4.20. The van der Waals surface area contributed by atoms with Gasteiger partial charge in [0.2, 0.25) is 0 Å². The Bertz CT molecular complexity index is 146. The maximum atomic E-state index is 5.33. The minimum atomic E-state index is 0.287. The van der Waals surface area contributed by atoms with Gasteiger partial charge in [0.1, 0.15) is 0 Å². The van der Waals surface area contributed by atoms with Crippen molar-refractivity contribution in [2.24, 2.45) is 5.92 Å². The zero-order valence-corrected chi connectivity index (χ0v) is 9.58. The van der Waals surface area contributed by atoms with Gasteiger partial charge in [0, 0.05) is 26.4 Å². The fourth-order valence-electron chi connectivity index (χ4n) is 1.70. The van der Waals surface area contributed by atoms with Crippen molar-refractivity contribution >= 4 is 0 Å². The molecule has 14 heavy (non-hydrogen) atoms. The molecule has 1 rings (SSSR count). The van der Waals surface area contributed by atoms with Gasteiger partial charge in [-0.3, -0.25) is 0 Å². The summed E-state index contributed by atoms with van der Waals surface area (Å²) in [6.07, 6.45) is 2.74. The number of hydrogen-bond donors (Lipinski definition) is 1. The predicted molar refractivity (Wildman–Crippen MR) is 57.5 cm³/mol. The lowest BCUT2D eigenvalue weighted by atomic mass is 10.1. The normalized spacial score (nSPS) is 26.4. The molecule has 0 aromatic carbocycles. The molecular weight excluding hydrogens is 178 g/mol. The van der Waals surface area contributed by atoms with Crippen molar-refractivity contribution in [3.05, 3.63) is 0 Å². The maximum Gasteiger partial charge on any atom is 0.0693 e. The third kappa shape index (κ3) is 3.95. The molecule has 0 aromatic heterocycles. The lowest BCUT2D eigenvalue weighted by Gasteiger charge is -2.20. The Morgan fingerprint density at radius 1 is 1.50 bits per heavy atom. The predicted octanol–water partition coefficient (Wildman–Crippen LogP) is 1.43. The molecule has 1 heterocycles. The van der Waals surface area contributed by atoms with Gasteiger partial charge in [-0.25, -0.2) is 0 Å². The largest absolute Gasteiger partial charge is 0.381 e. The highest BCUT2D eigenvalue weighted by Crippen LogP contribution is 2.15. The van der Waals surface area contributed by atoms with Gasteiger partial charge >= 0.3 is 0 Å². The molecule has 0 saturated carbocycles. The molecule has 0 spiro atoms. The van der Waals surface area contributed by atoms with E-state index in [1.54, 1.807) is 7.11 Å². The standard InChI is InChI=1S/C11H23NO2/c1-9(10(2)13-3)12-6-4-11-5-7-14-8-11/h9-12H,4-8H2,1-3H3. The first-order chi connectivity index (χ1) is 6.74. The number of hydrogen-bond acceptors (Lipinski definition) is 3. The van der Waals surface area contributed by atoms with Crippen LogP contribution >= 0.6 is 0 Å². The van der Waals surface area contributed by atoms with Crippen LogP contribution in [-0.4, -0.2) is 39.0 Å². The van der Waals surface area contributed by atoms with Gasteiger partial charge in [-0.2, -0.15) is 0 Å². The Morgan fingerprint density at radius 2 is 2.29 bits per heavy atom. The molecule has 3 heteroatoms. The van der Waals surface area contributed by atoms with Crippen molar-refractivity contribution in [3.63, 3.8) is 0 Å². The average molecular weight is 201 g/mol. The van der Waals surface area contributed by atoms with E-state index < -0.39 is 0 Å². The van der Waals surface area contributed by atoms with Crippen molar-refractivity contribution in [1.82, 2.24) is 5.32 Å². The van der Waals surface area contributed by atoms with Crippen LogP contribution < -0.4 is 5.32 Å². The Morgan fingerprint density at radius 3 is 2.86 bits per heavy atom. The fourth-order valence-corrected chi connectivity index (χ4v) is 1.70. The highest BCUT2D eigenvalue weighted by atomic mass is 16.5. The molecule has 1 fully saturated rings. The van der Waals surface area contributed by atoms with Crippen LogP contribution in [-0.2, 0) is 9.47 Å². The van der Waals surface area contributed by atoms with Gasteiger partial charge in [0.25, 0.3) is 0 Å². The first-order valence-corrected chi connectivity index (χ1v) is 5.58. The summed E-state index contributed by atoms with van der Waals surface area (Å²) in [6.45, 7) is 7.24. The van der Waals surface area contributed by atoms with E-state index in [9.17, 15) is 0 Å². The molecule has 0 aliphatic carbocycles. The van der Waals surface area contributed by atoms with Crippen molar-refractivity contribution in [1.29, 1.82) is 0 Å². The summed E-state index contributed by atoms with van der Waals surface area (Å²) in [4.78, 5) is 0. The SMILES string of the molecule is COC(C)C(C)NCCC1CCOC1. The number of ether oxygens (including phenoxy) is 2. The fraction of sp³-hybridized carbons (Fsp3) is 1.00. The van der Waals surface area contributed by atoms with Gasteiger partial charge in [-0.1, -0.05) is 0 Å². The van der Waals surface area contributed by atoms with Crippen LogP contribution in [0.4, 0.5) is 0 Å². The monoisotopic (exact) mass is 201 g/mol. The van der Waals surface area contributed by atoms with E-state index in [0.29, 0.717) is 6.04 Å². The molecule has 84 valence electrons. The van der Waals surface area contributed by atoms with Crippen molar-refractivity contribution in [3.8, 4) is 0 Å². The minimum Gasteiger partial charge on any atom is -0.381 e. The molecule has 1 aliphatic rings. The van der Waals surface area contributed by atoms with Crippen LogP contribution in [0.25, 0.3) is 0 Å². The molecule has 1 aliphatic heterocycles. The third-order valence-electron chi connectivity index (χ3n) is 3.12. The summed E-state index contributed by atoms with van der Waals surface area (Å²) in [6, 6.07) is 0.433. The molecule has 1 saturated heterocycles. The maximum absolute atomic E-state index is 5.33.